The first-order valence-electron chi connectivity index (χ1n) is 6.50. The lowest BCUT2D eigenvalue weighted by Crippen LogP contribution is -2.42. The molecule has 1 aromatic carbocycles. The minimum Gasteiger partial charge on any atom is -0.391 e. The quantitative estimate of drug-likeness (QED) is 0.811. The molecule has 2 atom stereocenters. The molecule has 3 heteroatoms. The summed E-state index contributed by atoms with van der Waals surface area (Å²) in [5, 5.41) is 12.9. The predicted molar refractivity (Wildman–Crippen MR) is 73.2 cm³/mol. The normalized spacial score (nSPS) is 14.3. The third kappa shape index (κ3) is 5.32. The third-order valence-electron chi connectivity index (χ3n) is 2.85. The van der Waals surface area contributed by atoms with Gasteiger partial charge in [-0.25, -0.2) is 0 Å². The van der Waals surface area contributed by atoms with Gasteiger partial charge in [0.15, 0.2) is 0 Å². The minimum absolute atomic E-state index is 0.00427. The Hall–Kier alpha value is -1.35. The van der Waals surface area contributed by atoms with Crippen molar-refractivity contribution in [2.24, 2.45) is 5.92 Å². The molecule has 0 aliphatic rings. The van der Waals surface area contributed by atoms with E-state index < -0.39 is 6.10 Å². The molecule has 3 nitrogen and oxygen atoms in total. The molecular formula is C15H23NO2. The molecule has 0 saturated heterocycles. The summed E-state index contributed by atoms with van der Waals surface area (Å²) in [4.78, 5) is 11.6. The van der Waals surface area contributed by atoms with Crippen molar-refractivity contribution in [3.63, 3.8) is 0 Å². The summed E-state index contributed by atoms with van der Waals surface area (Å²) in [5.74, 6) is 0.341. The molecule has 0 aliphatic carbocycles. The predicted octanol–water partition coefficient (Wildman–Crippen LogP) is 2.14. The highest BCUT2D eigenvalue weighted by Crippen LogP contribution is 2.07. The van der Waals surface area contributed by atoms with E-state index in [4.69, 9.17) is 0 Å². The first kappa shape index (κ1) is 14.7. The summed E-state index contributed by atoms with van der Waals surface area (Å²) in [5.41, 5.74) is 1.08. The fourth-order valence-electron chi connectivity index (χ4n) is 1.81. The van der Waals surface area contributed by atoms with Gasteiger partial charge < -0.3 is 10.4 Å². The molecule has 0 radical (unpaired) electrons. The number of aliphatic hydroxyl groups is 1. The number of hydrogen-bond acceptors (Lipinski definition) is 2. The molecule has 100 valence electrons. The number of carbonyl (C=O) groups excluding carboxylic acids is 1. The lowest BCUT2D eigenvalue weighted by atomic mass is 10.0. The third-order valence-corrected chi connectivity index (χ3v) is 2.85. The van der Waals surface area contributed by atoms with Crippen molar-refractivity contribution in [1.29, 1.82) is 0 Å². The zero-order valence-electron chi connectivity index (χ0n) is 11.4. The van der Waals surface area contributed by atoms with Crippen LogP contribution in [0.4, 0.5) is 0 Å². The number of hydrogen-bond donors (Lipinski definition) is 2. The molecular weight excluding hydrogens is 226 g/mol. The van der Waals surface area contributed by atoms with Gasteiger partial charge in [-0.15, -0.1) is 0 Å². The summed E-state index contributed by atoms with van der Waals surface area (Å²) < 4.78 is 0. The number of amides is 1. The summed E-state index contributed by atoms with van der Waals surface area (Å²) in [6.07, 6.45) is 0.510. The maximum Gasteiger partial charge on any atom is 0.220 e. The molecule has 0 bridgehead atoms. The van der Waals surface area contributed by atoms with Gasteiger partial charge >= 0.3 is 0 Å². The second-order valence-corrected chi connectivity index (χ2v) is 5.21. The fraction of sp³-hybridized carbons (Fsp3) is 0.533. The van der Waals surface area contributed by atoms with Gasteiger partial charge in [-0.2, -0.15) is 0 Å². The van der Waals surface area contributed by atoms with Crippen molar-refractivity contribution in [2.75, 3.05) is 0 Å². The van der Waals surface area contributed by atoms with Gasteiger partial charge in [-0.3, -0.25) is 4.79 Å². The molecule has 0 saturated carbocycles. The van der Waals surface area contributed by atoms with Crippen LogP contribution in [-0.4, -0.2) is 23.2 Å². The van der Waals surface area contributed by atoms with Crippen molar-refractivity contribution >= 4 is 5.91 Å². The van der Waals surface area contributed by atoms with Crippen molar-refractivity contribution in [1.82, 2.24) is 5.32 Å². The largest absolute Gasteiger partial charge is 0.391 e. The Labute approximate surface area is 109 Å². The van der Waals surface area contributed by atoms with Crippen LogP contribution in [0.25, 0.3) is 0 Å². The first-order valence-corrected chi connectivity index (χ1v) is 6.50. The number of carbonyl (C=O) groups is 1. The van der Waals surface area contributed by atoms with Crippen molar-refractivity contribution < 1.29 is 9.90 Å². The Bertz CT molecular complexity index is 362. The SMILES string of the molecule is CC(C)CC(=O)NC(C)C(O)Cc1ccccc1. The summed E-state index contributed by atoms with van der Waals surface area (Å²) in [6, 6.07) is 9.58. The van der Waals surface area contributed by atoms with Crippen LogP contribution >= 0.6 is 0 Å². The Morgan fingerprint density at radius 3 is 2.39 bits per heavy atom. The Kier molecular flexibility index (Phi) is 5.86. The van der Waals surface area contributed by atoms with Gasteiger partial charge in [-0.05, 0) is 18.4 Å². The second kappa shape index (κ2) is 7.17. The number of nitrogens with one attached hydrogen (secondary N) is 1. The molecule has 0 fully saturated rings. The highest BCUT2D eigenvalue weighted by molar-refractivity contribution is 5.76. The summed E-state index contributed by atoms with van der Waals surface area (Å²) in [7, 11) is 0. The van der Waals surface area contributed by atoms with E-state index in [2.05, 4.69) is 5.32 Å². The summed E-state index contributed by atoms with van der Waals surface area (Å²) in [6.45, 7) is 5.85. The first-order chi connectivity index (χ1) is 8.49. The molecule has 18 heavy (non-hydrogen) atoms. The molecule has 0 aliphatic heterocycles. The average Bonchev–Trinajstić information content (AvgIpc) is 2.28. The van der Waals surface area contributed by atoms with Gasteiger partial charge in [0, 0.05) is 12.8 Å². The lowest BCUT2D eigenvalue weighted by Gasteiger charge is -2.21. The van der Waals surface area contributed by atoms with Crippen LogP contribution in [0.1, 0.15) is 32.8 Å². The fourth-order valence-corrected chi connectivity index (χ4v) is 1.81. The molecule has 2 unspecified atom stereocenters. The molecule has 2 N–H and O–H groups in total. The number of aliphatic hydroxyl groups excluding tert-OH is 1. The van der Waals surface area contributed by atoms with E-state index in [1.54, 1.807) is 0 Å². The highest BCUT2D eigenvalue weighted by Gasteiger charge is 2.17. The van der Waals surface area contributed by atoms with Crippen LogP contribution in [0.5, 0.6) is 0 Å². The smallest absolute Gasteiger partial charge is 0.220 e. The summed E-state index contributed by atoms with van der Waals surface area (Å²) >= 11 is 0. The molecule has 1 aromatic rings. The maximum atomic E-state index is 11.6. The second-order valence-electron chi connectivity index (χ2n) is 5.21. The molecule has 0 spiro atoms. The van der Waals surface area contributed by atoms with E-state index in [-0.39, 0.29) is 11.9 Å². The van der Waals surface area contributed by atoms with Gasteiger partial charge in [0.2, 0.25) is 5.91 Å². The monoisotopic (exact) mass is 249 g/mol. The van der Waals surface area contributed by atoms with Gasteiger partial charge in [0.05, 0.1) is 12.1 Å². The average molecular weight is 249 g/mol. The zero-order chi connectivity index (χ0) is 13.5. The van der Waals surface area contributed by atoms with Crippen LogP contribution in [0, 0.1) is 5.92 Å². The Morgan fingerprint density at radius 1 is 1.22 bits per heavy atom. The van der Waals surface area contributed by atoms with Crippen LogP contribution < -0.4 is 5.32 Å². The Balaban J connectivity index is 2.42. The number of rotatable bonds is 6. The van der Waals surface area contributed by atoms with E-state index >= 15 is 0 Å². The lowest BCUT2D eigenvalue weighted by molar-refractivity contribution is -0.123. The van der Waals surface area contributed by atoms with Crippen LogP contribution in [-0.2, 0) is 11.2 Å². The molecule has 0 heterocycles. The van der Waals surface area contributed by atoms with E-state index in [9.17, 15) is 9.90 Å². The van der Waals surface area contributed by atoms with E-state index in [0.29, 0.717) is 18.8 Å². The van der Waals surface area contributed by atoms with Gasteiger partial charge in [-0.1, -0.05) is 44.2 Å². The van der Waals surface area contributed by atoms with Crippen LogP contribution in [0.2, 0.25) is 0 Å². The topological polar surface area (TPSA) is 49.3 Å². The van der Waals surface area contributed by atoms with Gasteiger partial charge in [0.25, 0.3) is 0 Å². The van der Waals surface area contributed by atoms with E-state index in [1.807, 2.05) is 51.1 Å². The molecule has 1 amide bonds. The van der Waals surface area contributed by atoms with E-state index in [0.717, 1.165) is 5.56 Å². The zero-order valence-corrected chi connectivity index (χ0v) is 11.4. The van der Waals surface area contributed by atoms with Crippen LogP contribution in [0.15, 0.2) is 30.3 Å². The van der Waals surface area contributed by atoms with Crippen molar-refractivity contribution in [3.05, 3.63) is 35.9 Å². The van der Waals surface area contributed by atoms with Crippen molar-refractivity contribution in [3.8, 4) is 0 Å². The minimum atomic E-state index is -0.552. The molecule has 1 rings (SSSR count). The van der Waals surface area contributed by atoms with Crippen molar-refractivity contribution in [2.45, 2.75) is 45.8 Å². The van der Waals surface area contributed by atoms with Gasteiger partial charge in [0.1, 0.15) is 0 Å². The highest BCUT2D eigenvalue weighted by atomic mass is 16.3. The van der Waals surface area contributed by atoms with E-state index in [1.165, 1.54) is 0 Å². The standard InChI is InChI=1S/C15H23NO2/c1-11(2)9-15(18)16-12(3)14(17)10-13-7-5-4-6-8-13/h4-8,11-12,14,17H,9-10H2,1-3H3,(H,16,18). The maximum absolute atomic E-state index is 11.6. The number of benzene rings is 1. The Morgan fingerprint density at radius 2 is 1.83 bits per heavy atom. The van der Waals surface area contributed by atoms with Crippen LogP contribution in [0.3, 0.4) is 0 Å². The molecule has 0 aromatic heterocycles.